The van der Waals surface area contributed by atoms with Gasteiger partial charge in [0.1, 0.15) is 0 Å². The summed E-state index contributed by atoms with van der Waals surface area (Å²) in [6, 6.07) is 7.81. The lowest BCUT2D eigenvalue weighted by Gasteiger charge is -2.21. The van der Waals surface area contributed by atoms with E-state index in [4.69, 9.17) is 9.26 Å². The average Bonchev–Trinajstić information content (AvgIpc) is 3.29. The van der Waals surface area contributed by atoms with Gasteiger partial charge in [-0.25, -0.2) is 0 Å². The van der Waals surface area contributed by atoms with Crippen LogP contribution in [0.2, 0.25) is 0 Å². The number of hydrogen-bond acceptors (Lipinski definition) is 4. The van der Waals surface area contributed by atoms with Crippen LogP contribution in [0.4, 0.5) is 0 Å². The monoisotopic (exact) mass is 339 g/mol. The molecule has 0 spiro atoms. The minimum Gasteiger partial charge on any atom is -0.381 e. The lowest BCUT2D eigenvalue weighted by molar-refractivity contribution is 0.0845. The fourth-order valence-electron chi connectivity index (χ4n) is 3.50. The number of rotatable bonds is 4. The van der Waals surface area contributed by atoms with Crippen molar-refractivity contribution < 1.29 is 14.1 Å². The van der Waals surface area contributed by atoms with E-state index in [0.29, 0.717) is 12.5 Å². The predicted molar refractivity (Wildman–Crippen MR) is 93.5 cm³/mol. The molecule has 1 fully saturated rings. The van der Waals surface area contributed by atoms with Gasteiger partial charge in [-0.15, -0.1) is 0 Å². The second kappa shape index (κ2) is 6.72. The van der Waals surface area contributed by atoms with Crippen LogP contribution in [0, 0.1) is 6.92 Å². The molecule has 2 aromatic heterocycles. The van der Waals surface area contributed by atoms with Crippen molar-refractivity contribution in [3.8, 4) is 0 Å². The highest BCUT2D eigenvalue weighted by Gasteiger charge is 2.20. The Hall–Kier alpha value is -2.60. The van der Waals surface area contributed by atoms with Crippen LogP contribution < -0.4 is 5.32 Å². The van der Waals surface area contributed by atoms with Gasteiger partial charge in [0.05, 0.1) is 6.20 Å². The van der Waals surface area contributed by atoms with Crippen LogP contribution in [-0.4, -0.2) is 29.3 Å². The lowest BCUT2D eigenvalue weighted by Crippen LogP contribution is -2.22. The van der Waals surface area contributed by atoms with Crippen LogP contribution in [0.5, 0.6) is 0 Å². The number of amides is 1. The van der Waals surface area contributed by atoms with Crippen LogP contribution >= 0.6 is 0 Å². The summed E-state index contributed by atoms with van der Waals surface area (Å²) in [5.74, 6) is 0.503. The number of ether oxygens (including phenoxy) is 1. The number of nitrogens with one attached hydrogen (secondary N) is 2. The Labute approximate surface area is 145 Å². The summed E-state index contributed by atoms with van der Waals surface area (Å²) in [5.41, 5.74) is 4.82. The smallest absolute Gasteiger partial charge is 0.290 e. The number of nitrogens with zero attached hydrogens (tertiary/aromatic N) is 1. The second-order valence-electron chi connectivity index (χ2n) is 6.49. The zero-order valence-electron chi connectivity index (χ0n) is 14.2. The Morgan fingerprint density at radius 1 is 1.32 bits per heavy atom. The van der Waals surface area contributed by atoms with Crippen molar-refractivity contribution in [1.29, 1.82) is 0 Å². The normalized spacial score (nSPS) is 15.6. The highest BCUT2D eigenvalue weighted by molar-refractivity contribution is 5.91. The van der Waals surface area contributed by atoms with E-state index in [-0.39, 0.29) is 11.7 Å². The molecule has 6 nitrogen and oxygen atoms in total. The molecule has 3 aromatic rings. The molecule has 2 N–H and O–H groups in total. The third kappa shape index (κ3) is 3.17. The summed E-state index contributed by atoms with van der Waals surface area (Å²) in [4.78, 5) is 15.5. The standard InChI is InChI=1S/C19H21N3O3/c1-12-15-10-13(11-20-19(23)17-4-7-21-25-17)2-3-16(15)22-18(12)14-5-8-24-9-6-14/h2-4,7,10,14,22H,5-6,8-9,11H2,1H3,(H,20,23). The minimum absolute atomic E-state index is 0.223. The van der Waals surface area contributed by atoms with Crippen LogP contribution in [0.3, 0.4) is 0 Å². The summed E-state index contributed by atoms with van der Waals surface area (Å²) in [7, 11) is 0. The van der Waals surface area contributed by atoms with Crippen molar-refractivity contribution in [2.75, 3.05) is 13.2 Å². The van der Waals surface area contributed by atoms with Gasteiger partial charge >= 0.3 is 0 Å². The Kier molecular flexibility index (Phi) is 4.28. The van der Waals surface area contributed by atoms with Gasteiger partial charge in [-0.05, 0) is 43.0 Å². The molecule has 1 saturated heterocycles. The fraction of sp³-hybridized carbons (Fsp3) is 0.368. The van der Waals surface area contributed by atoms with Crippen molar-refractivity contribution in [2.45, 2.75) is 32.2 Å². The number of aromatic amines is 1. The first kappa shape index (κ1) is 15.9. The molecule has 130 valence electrons. The van der Waals surface area contributed by atoms with Crippen LogP contribution in [0.15, 0.2) is 35.0 Å². The van der Waals surface area contributed by atoms with Crippen LogP contribution in [0.1, 0.15) is 46.1 Å². The van der Waals surface area contributed by atoms with E-state index in [1.54, 1.807) is 6.07 Å². The molecule has 3 heterocycles. The molecule has 1 aromatic carbocycles. The summed E-state index contributed by atoms with van der Waals surface area (Å²) >= 11 is 0. The molecule has 0 unspecified atom stereocenters. The van der Waals surface area contributed by atoms with E-state index < -0.39 is 0 Å². The molecule has 1 aliphatic rings. The summed E-state index contributed by atoms with van der Waals surface area (Å²) in [5, 5.41) is 7.62. The first-order valence-electron chi connectivity index (χ1n) is 8.60. The Morgan fingerprint density at radius 2 is 2.16 bits per heavy atom. The highest BCUT2D eigenvalue weighted by Crippen LogP contribution is 2.33. The molecule has 25 heavy (non-hydrogen) atoms. The quantitative estimate of drug-likeness (QED) is 0.764. The van der Waals surface area contributed by atoms with Crippen molar-refractivity contribution in [3.05, 3.63) is 53.0 Å². The van der Waals surface area contributed by atoms with Crippen LogP contribution in [-0.2, 0) is 11.3 Å². The van der Waals surface area contributed by atoms with Gasteiger partial charge < -0.3 is 19.6 Å². The molecule has 0 radical (unpaired) electrons. The van der Waals surface area contributed by atoms with E-state index in [1.807, 2.05) is 6.07 Å². The van der Waals surface area contributed by atoms with E-state index in [9.17, 15) is 4.79 Å². The molecular formula is C19H21N3O3. The van der Waals surface area contributed by atoms with Crippen molar-refractivity contribution in [3.63, 3.8) is 0 Å². The highest BCUT2D eigenvalue weighted by atomic mass is 16.5. The van der Waals surface area contributed by atoms with Gasteiger partial charge in [0.15, 0.2) is 0 Å². The minimum atomic E-state index is -0.258. The molecule has 0 bridgehead atoms. The van der Waals surface area contributed by atoms with E-state index in [2.05, 4.69) is 34.5 Å². The van der Waals surface area contributed by atoms with Crippen molar-refractivity contribution in [2.24, 2.45) is 0 Å². The summed E-state index contributed by atoms with van der Waals surface area (Å²) in [6.07, 6.45) is 3.59. The van der Waals surface area contributed by atoms with Crippen LogP contribution in [0.25, 0.3) is 10.9 Å². The molecule has 0 atom stereocenters. The number of hydrogen-bond donors (Lipinski definition) is 2. The molecule has 1 aliphatic heterocycles. The lowest BCUT2D eigenvalue weighted by atomic mass is 9.93. The predicted octanol–water partition coefficient (Wildman–Crippen LogP) is 3.29. The Morgan fingerprint density at radius 3 is 2.92 bits per heavy atom. The first-order valence-corrected chi connectivity index (χ1v) is 8.60. The number of benzene rings is 1. The Bertz CT molecular complexity index is 877. The molecule has 4 rings (SSSR count). The second-order valence-corrected chi connectivity index (χ2v) is 6.49. The third-order valence-corrected chi connectivity index (χ3v) is 4.91. The first-order chi connectivity index (χ1) is 12.2. The summed E-state index contributed by atoms with van der Waals surface area (Å²) < 4.78 is 10.3. The maximum atomic E-state index is 12.0. The molecule has 6 heteroatoms. The molecule has 0 aliphatic carbocycles. The molecule has 1 amide bonds. The van der Waals surface area contributed by atoms with Gasteiger partial charge in [0.2, 0.25) is 5.76 Å². The van der Waals surface area contributed by atoms with Crippen molar-refractivity contribution >= 4 is 16.8 Å². The van der Waals surface area contributed by atoms with Gasteiger partial charge in [0, 0.05) is 48.3 Å². The van der Waals surface area contributed by atoms with Gasteiger partial charge in [-0.2, -0.15) is 0 Å². The number of carbonyl (C=O) groups excluding carboxylic acids is 1. The van der Waals surface area contributed by atoms with Crippen molar-refractivity contribution in [1.82, 2.24) is 15.5 Å². The maximum absolute atomic E-state index is 12.0. The topological polar surface area (TPSA) is 80.1 Å². The molecule has 0 saturated carbocycles. The zero-order chi connectivity index (χ0) is 17.2. The number of fused-ring (bicyclic) bond motifs is 1. The van der Waals surface area contributed by atoms with Gasteiger partial charge in [-0.1, -0.05) is 11.2 Å². The SMILES string of the molecule is Cc1c(C2CCOCC2)[nH]c2ccc(CNC(=O)c3ccno3)cc12. The Balaban J connectivity index is 1.53. The number of aromatic nitrogens is 2. The van der Waals surface area contributed by atoms with Gasteiger partial charge in [-0.3, -0.25) is 4.79 Å². The number of aryl methyl sites for hydroxylation is 1. The number of carbonyl (C=O) groups is 1. The van der Waals surface area contributed by atoms with Gasteiger partial charge in [0.25, 0.3) is 5.91 Å². The number of H-pyrrole nitrogens is 1. The van der Waals surface area contributed by atoms with E-state index >= 15 is 0 Å². The zero-order valence-corrected chi connectivity index (χ0v) is 14.2. The fourth-order valence-corrected chi connectivity index (χ4v) is 3.50. The van der Waals surface area contributed by atoms with E-state index in [1.165, 1.54) is 22.8 Å². The molecular weight excluding hydrogens is 318 g/mol. The average molecular weight is 339 g/mol. The van der Waals surface area contributed by atoms with E-state index in [0.717, 1.165) is 37.1 Å². The maximum Gasteiger partial charge on any atom is 0.290 e. The summed E-state index contributed by atoms with van der Waals surface area (Å²) in [6.45, 7) is 4.28. The largest absolute Gasteiger partial charge is 0.381 e. The third-order valence-electron chi connectivity index (χ3n) is 4.91.